The van der Waals surface area contributed by atoms with Gasteiger partial charge in [0.25, 0.3) is 0 Å². The van der Waals surface area contributed by atoms with Crippen molar-refractivity contribution in [1.82, 2.24) is 30.2 Å². The Labute approximate surface area is 190 Å². The van der Waals surface area contributed by atoms with E-state index in [1.54, 1.807) is 18.1 Å². The van der Waals surface area contributed by atoms with E-state index in [1.165, 1.54) is 27.8 Å². The summed E-state index contributed by atoms with van der Waals surface area (Å²) in [5.74, 6) is 2.19. The van der Waals surface area contributed by atoms with Crippen molar-refractivity contribution in [3.8, 4) is 5.69 Å². The molecule has 6 nitrogen and oxygen atoms in total. The first-order chi connectivity index (χ1) is 14.9. The molecule has 0 bridgehead atoms. The van der Waals surface area contributed by atoms with Gasteiger partial charge < -0.3 is 0 Å². The molecule has 1 aliphatic carbocycles. The van der Waals surface area contributed by atoms with Crippen LogP contribution in [0.5, 0.6) is 0 Å². The lowest BCUT2D eigenvalue weighted by Crippen LogP contribution is -2.26. The second kappa shape index (κ2) is 7.98. The zero-order valence-electron chi connectivity index (χ0n) is 18.3. The molecule has 8 heteroatoms. The van der Waals surface area contributed by atoms with Gasteiger partial charge in [-0.1, -0.05) is 50.2 Å². The molecule has 160 valence electrons. The Bertz CT molecular complexity index is 1220. The summed E-state index contributed by atoms with van der Waals surface area (Å²) in [5, 5.41) is 14.6. The van der Waals surface area contributed by atoms with Gasteiger partial charge in [0.05, 0.1) is 11.4 Å². The third-order valence-corrected chi connectivity index (χ3v) is 8.33. The average Bonchev–Trinajstić information content (AvgIpc) is 3.36. The first kappa shape index (κ1) is 20.6. The van der Waals surface area contributed by atoms with E-state index in [0.717, 1.165) is 40.1 Å². The number of nitrogens with zero attached hydrogens (tertiary/aromatic N) is 6. The summed E-state index contributed by atoms with van der Waals surface area (Å²) in [6, 6.07) is 8.24. The van der Waals surface area contributed by atoms with Crippen LogP contribution in [0.2, 0.25) is 0 Å². The van der Waals surface area contributed by atoms with Crippen LogP contribution in [0.15, 0.2) is 35.6 Å². The number of rotatable bonds is 4. The van der Waals surface area contributed by atoms with Crippen molar-refractivity contribution in [2.45, 2.75) is 57.7 Å². The van der Waals surface area contributed by atoms with E-state index in [1.807, 2.05) is 28.2 Å². The highest BCUT2D eigenvalue weighted by Gasteiger charge is 2.31. The Morgan fingerprint density at radius 1 is 1.16 bits per heavy atom. The minimum absolute atomic E-state index is 0.337. The minimum atomic E-state index is 0.337. The molecule has 0 saturated heterocycles. The Hall–Kier alpha value is -2.32. The number of hydrogen-bond acceptors (Lipinski definition) is 7. The maximum Gasteiger partial charge on any atom is 0.166 e. The number of benzene rings is 1. The summed E-state index contributed by atoms with van der Waals surface area (Å²) >= 11 is 3.54. The molecule has 0 N–H and O–H groups in total. The van der Waals surface area contributed by atoms with Crippen molar-refractivity contribution < 1.29 is 0 Å². The van der Waals surface area contributed by atoms with E-state index >= 15 is 0 Å². The lowest BCUT2D eigenvalue weighted by molar-refractivity contribution is 0.218. The van der Waals surface area contributed by atoms with Gasteiger partial charge in [-0.2, -0.15) is 4.68 Å². The zero-order chi connectivity index (χ0) is 21.6. The molecule has 0 aliphatic heterocycles. The summed E-state index contributed by atoms with van der Waals surface area (Å²) in [6.07, 6.45) is 5.18. The topological polar surface area (TPSA) is 69.4 Å². The van der Waals surface area contributed by atoms with Crippen LogP contribution >= 0.6 is 23.1 Å². The second-order valence-corrected chi connectivity index (χ2v) is 11.3. The normalized spacial score (nSPS) is 16.6. The van der Waals surface area contributed by atoms with Crippen molar-refractivity contribution in [2.24, 2.45) is 11.3 Å². The summed E-state index contributed by atoms with van der Waals surface area (Å²) < 4.78 is 1.81. The quantitative estimate of drug-likeness (QED) is 0.305. The number of fused-ring (bicyclic) bond motifs is 3. The number of aryl methyl sites for hydroxylation is 2. The number of tetrazole rings is 1. The largest absolute Gasteiger partial charge is 0.229 e. The highest BCUT2D eigenvalue weighted by atomic mass is 32.2. The number of hydrogen-bond donors (Lipinski definition) is 0. The van der Waals surface area contributed by atoms with Gasteiger partial charge in [0.15, 0.2) is 5.82 Å². The van der Waals surface area contributed by atoms with Gasteiger partial charge in [-0.15, -0.1) is 16.4 Å². The van der Waals surface area contributed by atoms with Crippen LogP contribution in [0.3, 0.4) is 0 Å². The summed E-state index contributed by atoms with van der Waals surface area (Å²) in [7, 11) is 0. The van der Waals surface area contributed by atoms with Crippen molar-refractivity contribution in [2.75, 3.05) is 0 Å². The monoisotopic (exact) mass is 450 g/mol. The zero-order valence-corrected chi connectivity index (χ0v) is 19.9. The maximum atomic E-state index is 4.65. The molecule has 0 fully saturated rings. The maximum absolute atomic E-state index is 4.65. The molecule has 5 rings (SSSR count). The van der Waals surface area contributed by atoms with E-state index in [2.05, 4.69) is 65.3 Å². The average molecular weight is 451 g/mol. The van der Waals surface area contributed by atoms with Crippen LogP contribution in [0.1, 0.15) is 49.0 Å². The minimum Gasteiger partial charge on any atom is -0.229 e. The van der Waals surface area contributed by atoms with Gasteiger partial charge in [-0.3, -0.25) is 0 Å². The molecule has 4 aromatic rings. The van der Waals surface area contributed by atoms with Crippen LogP contribution in [0, 0.1) is 18.3 Å². The summed E-state index contributed by atoms with van der Waals surface area (Å²) in [4.78, 5) is 11.9. The van der Waals surface area contributed by atoms with Gasteiger partial charge >= 0.3 is 0 Å². The SMILES string of the molecule is Cc1ccc(-n2nnnc2CSc2ncnc3sc4c(c23)CC[C@@H](C(C)(C)C)C4)cc1. The van der Waals surface area contributed by atoms with Gasteiger partial charge in [-0.05, 0) is 65.6 Å². The molecule has 3 heterocycles. The fourth-order valence-electron chi connectivity index (χ4n) is 4.25. The second-order valence-electron chi connectivity index (χ2n) is 9.30. The predicted octanol–water partition coefficient (Wildman–Crippen LogP) is 5.42. The van der Waals surface area contributed by atoms with Crippen molar-refractivity contribution in [3.05, 3.63) is 52.4 Å². The number of thiophene rings is 1. The summed E-state index contributed by atoms with van der Waals surface area (Å²) in [5.41, 5.74) is 3.98. The van der Waals surface area contributed by atoms with E-state index in [-0.39, 0.29) is 0 Å². The fraction of sp³-hybridized carbons (Fsp3) is 0.435. The molecule has 0 unspecified atom stereocenters. The number of aromatic nitrogens is 6. The lowest BCUT2D eigenvalue weighted by Gasteiger charge is -2.33. The first-order valence-electron chi connectivity index (χ1n) is 10.6. The Kier molecular flexibility index (Phi) is 5.30. The van der Waals surface area contributed by atoms with E-state index < -0.39 is 0 Å². The van der Waals surface area contributed by atoms with Crippen LogP contribution < -0.4 is 0 Å². The molecule has 1 aliphatic rings. The van der Waals surface area contributed by atoms with Gasteiger partial charge in [0.1, 0.15) is 16.2 Å². The molecule has 0 radical (unpaired) electrons. The van der Waals surface area contributed by atoms with Gasteiger partial charge in [-0.25, -0.2) is 9.97 Å². The van der Waals surface area contributed by atoms with Gasteiger partial charge in [0, 0.05) is 10.3 Å². The fourth-order valence-corrected chi connectivity index (χ4v) is 6.51. The van der Waals surface area contributed by atoms with Crippen molar-refractivity contribution in [1.29, 1.82) is 0 Å². The Balaban J connectivity index is 1.42. The smallest absolute Gasteiger partial charge is 0.166 e. The highest BCUT2D eigenvalue weighted by Crippen LogP contribution is 2.44. The highest BCUT2D eigenvalue weighted by molar-refractivity contribution is 7.98. The van der Waals surface area contributed by atoms with Crippen molar-refractivity contribution in [3.63, 3.8) is 0 Å². The third-order valence-electron chi connectivity index (χ3n) is 6.19. The molecule has 0 saturated carbocycles. The van der Waals surface area contributed by atoms with Crippen LogP contribution in [-0.4, -0.2) is 30.2 Å². The van der Waals surface area contributed by atoms with E-state index in [9.17, 15) is 0 Å². The van der Waals surface area contributed by atoms with E-state index in [0.29, 0.717) is 11.2 Å². The first-order valence-corrected chi connectivity index (χ1v) is 12.4. The molecule has 0 amide bonds. The molecule has 1 atom stereocenters. The standard InChI is InChI=1S/C23H26N6S2/c1-14-5-8-16(9-6-14)29-19(26-27-28-29)12-30-21-20-17-10-7-15(23(2,3)4)11-18(17)31-22(20)25-13-24-21/h5-6,8-9,13,15H,7,10-12H2,1-4H3/t15-/m1/s1. The van der Waals surface area contributed by atoms with Gasteiger partial charge in [0.2, 0.25) is 0 Å². The lowest BCUT2D eigenvalue weighted by atomic mass is 9.72. The molecule has 1 aromatic carbocycles. The molecular formula is C23H26N6S2. The molecule has 31 heavy (non-hydrogen) atoms. The molecular weight excluding hydrogens is 424 g/mol. The predicted molar refractivity (Wildman–Crippen MR) is 126 cm³/mol. The summed E-state index contributed by atoms with van der Waals surface area (Å²) in [6.45, 7) is 9.14. The van der Waals surface area contributed by atoms with Crippen molar-refractivity contribution >= 4 is 33.3 Å². The van der Waals surface area contributed by atoms with E-state index in [4.69, 9.17) is 0 Å². The number of thioether (sulfide) groups is 1. The van der Waals surface area contributed by atoms with Crippen LogP contribution in [0.25, 0.3) is 15.9 Å². The van der Waals surface area contributed by atoms with Crippen LogP contribution in [0.4, 0.5) is 0 Å². The Morgan fingerprint density at radius 3 is 2.74 bits per heavy atom. The molecule has 3 aromatic heterocycles. The third kappa shape index (κ3) is 3.99. The van der Waals surface area contributed by atoms with Crippen LogP contribution in [-0.2, 0) is 18.6 Å². The molecule has 0 spiro atoms. The Morgan fingerprint density at radius 2 is 1.97 bits per heavy atom.